The van der Waals surface area contributed by atoms with Crippen LogP contribution >= 0.6 is 11.8 Å². The van der Waals surface area contributed by atoms with Crippen molar-refractivity contribution in [3.63, 3.8) is 0 Å². The summed E-state index contributed by atoms with van der Waals surface area (Å²) in [5.74, 6) is 0.0240. The zero-order chi connectivity index (χ0) is 22.9. The molecule has 2 nitrogen and oxygen atoms in total. The van der Waals surface area contributed by atoms with Gasteiger partial charge in [0.25, 0.3) is 0 Å². The highest BCUT2D eigenvalue weighted by molar-refractivity contribution is 7.99. The van der Waals surface area contributed by atoms with Gasteiger partial charge in [0.2, 0.25) is 5.69 Å². The van der Waals surface area contributed by atoms with E-state index in [-0.39, 0.29) is 5.82 Å². The van der Waals surface area contributed by atoms with Crippen LogP contribution in [0.1, 0.15) is 13.9 Å². The predicted molar refractivity (Wildman–Crippen MR) is 125 cm³/mol. The topological polar surface area (TPSA) is 17.0 Å². The van der Waals surface area contributed by atoms with E-state index in [1.165, 1.54) is 17.8 Å². The Balaban J connectivity index is 1.65. The molecule has 0 fully saturated rings. The molecule has 0 spiro atoms. The molecule has 0 N–H and O–H groups in total. The van der Waals surface area contributed by atoms with Crippen molar-refractivity contribution in [2.24, 2.45) is 7.05 Å². The Morgan fingerprint density at radius 2 is 1.81 bits per heavy atom. The number of furan rings is 1. The summed E-state index contributed by atoms with van der Waals surface area (Å²) in [4.78, 5) is 0.859. The van der Waals surface area contributed by atoms with E-state index < -0.39 is 6.37 Å². The SMILES string of the molecule is [2H]C1([2H])CSc2cc(-c3c(F)ccc4c3oc3c(-c5cccc[n+]5C)c(C)ccc34)ccc21. The minimum absolute atomic E-state index is 0.351. The number of hydrogen-bond donors (Lipinski definition) is 0. The average molecular weight is 429 g/mol. The maximum absolute atomic E-state index is 15.3. The third kappa shape index (κ3) is 2.82. The van der Waals surface area contributed by atoms with Crippen molar-refractivity contribution >= 4 is 33.7 Å². The smallest absolute Gasteiger partial charge is 0.216 e. The van der Waals surface area contributed by atoms with Crippen LogP contribution in [0.4, 0.5) is 4.39 Å². The number of nitrogens with zero attached hydrogens (tertiary/aromatic N) is 1. The van der Waals surface area contributed by atoms with Crippen LogP contribution in [0.5, 0.6) is 0 Å². The van der Waals surface area contributed by atoms with Crippen molar-refractivity contribution in [3.8, 4) is 22.4 Å². The standard InChI is InChI=1S/C27H21FNOS/c1-16-6-9-19-20-10-11-21(28)25(18-8-7-17-12-14-31-23(17)15-18)27(20)30-26(19)24(16)22-5-3-4-13-29(22)2/h3-11,13,15H,12,14H2,1-2H3/q+1/i12D2. The average Bonchev–Trinajstić information content (AvgIpc) is 3.31. The van der Waals surface area contributed by atoms with Gasteiger partial charge >= 0.3 is 0 Å². The summed E-state index contributed by atoms with van der Waals surface area (Å²) in [7, 11) is 2.00. The van der Waals surface area contributed by atoms with Crippen LogP contribution in [-0.4, -0.2) is 5.75 Å². The summed E-state index contributed by atoms with van der Waals surface area (Å²) in [5.41, 5.74) is 6.15. The number of pyridine rings is 1. The molecular formula is C27H21FNOS+. The molecule has 152 valence electrons. The quantitative estimate of drug-likeness (QED) is 0.286. The van der Waals surface area contributed by atoms with E-state index in [1.54, 1.807) is 18.2 Å². The number of aromatic nitrogens is 1. The van der Waals surface area contributed by atoms with Gasteiger partial charge in [-0.05, 0) is 54.3 Å². The highest BCUT2D eigenvalue weighted by Crippen LogP contribution is 2.43. The predicted octanol–water partition coefficient (Wildman–Crippen LogP) is 6.84. The number of aryl methyl sites for hydroxylation is 3. The van der Waals surface area contributed by atoms with Gasteiger partial charge in [-0.15, -0.1) is 11.8 Å². The molecule has 0 atom stereocenters. The molecule has 2 aromatic heterocycles. The highest BCUT2D eigenvalue weighted by atomic mass is 32.2. The largest absolute Gasteiger partial charge is 0.454 e. The Labute approximate surface area is 187 Å². The number of thioether (sulfide) groups is 1. The van der Waals surface area contributed by atoms with Crippen LogP contribution in [-0.2, 0) is 13.4 Å². The fourth-order valence-electron chi connectivity index (χ4n) is 4.48. The summed E-state index contributed by atoms with van der Waals surface area (Å²) in [6, 6.07) is 18.9. The highest BCUT2D eigenvalue weighted by Gasteiger charge is 2.23. The summed E-state index contributed by atoms with van der Waals surface area (Å²) in [6.07, 6.45) is 0.641. The van der Waals surface area contributed by atoms with Crippen LogP contribution in [0.15, 0.2) is 76.2 Å². The van der Waals surface area contributed by atoms with Crippen LogP contribution in [0.25, 0.3) is 44.3 Å². The van der Waals surface area contributed by atoms with Gasteiger partial charge in [0.05, 0.1) is 11.1 Å². The number of rotatable bonds is 2. The van der Waals surface area contributed by atoms with Gasteiger partial charge in [0.15, 0.2) is 6.20 Å². The lowest BCUT2D eigenvalue weighted by Gasteiger charge is -2.07. The lowest BCUT2D eigenvalue weighted by Crippen LogP contribution is -2.30. The summed E-state index contributed by atoms with van der Waals surface area (Å²) in [6.45, 7) is 2.06. The normalized spacial score (nSPS) is 15.8. The van der Waals surface area contributed by atoms with Crippen LogP contribution < -0.4 is 4.57 Å². The van der Waals surface area contributed by atoms with Gasteiger partial charge in [-0.25, -0.2) is 8.96 Å². The zero-order valence-corrected chi connectivity index (χ0v) is 18.0. The lowest BCUT2D eigenvalue weighted by molar-refractivity contribution is -0.660. The molecule has 1 aliphatic rings. The van der Waals surface area contributed by atoms with Crippen LogP contribution in [0.3, 0.4) is 0 Å². The van der Waals surface area contributed by atoms with Gasteiger partial charge in [-0.3, -0.25) is 0 Å². The molecule has 0 saturated heterocycles. The van der Waals surface area contributed by atoms with Gasteiger partial charge < -0.3 is 4.42 Å². The number of fused-ring (bicyclic) bond motifs is 4. The van der Waals surface area contributed by atoms with Crippen LogP contribution in [0.2, 0.25) is 0 Å². The summed E-state index contributed by atoms with van der Waals surface area (Å²) >= 11 is 1.47. The van der Waals surface area contributed by atoms with E-state index in [2.05, 4.69) is 23.6 Å². The minimum Gasteiger partial charge on any atom is -0.454 e. The van der Waals surface area contributed by atoms with Crippen molar-refractivity contribution in [1.29, 1.82) is 0 Å². The first-order valence-corrected chi connectivity index (χ1v) is 11.2. The van der Waals surface area contributed by atoms with Crippen molar-refractivity contribution < 1.29 is 16.1 Å². The van der Waals surface area contributed by atoms with E-state index in [9.17, 15) is 0 Å². The third-order valence-electron chi connectivity index (χ3n) is 6.04. The molecule has 5 aromatic rings. The lowest BCUT2D eigenvalue weighted by atomic mass is 9.98. The van der Waals surface area contributed by atoms with E-state index in [4.69, 9.17) is 7.16 Å². The molecule has 0 amide bonds. The van der Waals surface area contributed by atoms with Crippen molar-refractivity contribution in [1.82, 2.24) is 0 Å². The molecule has 1 aliphatic heterocycles. The molecular weight excluding hydrogens is 405 g/mol. The first kappa shape index (κ1) is 16.6. The molecule has 31 heavy (non-hydrogen) atoms. The fraction of sp³-hybridized carbons (Fsp3) is 0.148. The first-order chi connectivity index (χ1) is 15.8. The Morgan fingerprint density at radius 3 is 2.65 bits per heavy atom. The molecule has 4 heteroatoms. The van der Waals surface area contributed by atoms with Gasteiger partial charge in [-0.1, -0.05) is 24.3 Å². The van der Waals surface area contributed by atoms with E-state index in [0.29, 0.717) is 28.0 Å². The monoisotopic (exact) mass is 428 g/mol. The zero-order valence-electron chi connectivity index (χ0n) is 19.2. The molecule has 0 saturated carbocycles. The summed E-state index contributed by atoms with van der Waals surface area (Å²) in [5, 5.41) is 1.81. The maximum Gasteiger partial charge on any atom is 0.216 e. The summed E-state index contributed by atoms with van der Waals surface area (Å²) < 4.78 is 40.2. The molecule has 3 heterocycles. The Hall–Kier alpha value is -3.11. The molecule has 0 aliphatic carbocycles. The molecule has 3 aromatic carbocycles. The fourth-order valence-corrected chi connectivity index (χ4v) is 5.37. The molecule has 0 bridgehead atoms. The van der Waals surface area contributed by atoms with Crippen molar-refractivity contribution in [2.45, 2.75) is 18.2 Å². The van der Waals surface area contributed by atoms with E-state index in [0.717, 1.165) is 38.1 Å². The number of hydrogen-bond acceptors (Lipinski definition) is 2. The van der Waals surface area contributed by atoms with Gasteiger partial charge in [0.1, 0.15) is 24.0 Å². The van der Waals surface area contributed by atoms with Gasteiger partial charge in [0, 0.05) is 36.3 Å². The van der Waals surface area contributed by atoms with E-state index in [1.807, 2.05) is 37.5 Å². The Morgan fingerprint density at radius 1 is 1.00 bits per heavy atom. The second-order valence-corrected chi connectivity index (χ2v) is 8.93. The van der Waals surface area contributed by atoms with Crippen LogP contribution in [0, 0.1) is 12.7 Å². The second-order valence-electron chi connectivity index (χ2n) is 7.91. The van der Waals surface area contributed by atoms with Crippen molar-refractivity contribution in [3.05, 3.63) is 83.8 Å². The Bertz CT molecular complexity index is 1590. The Kier molecular flexibility index (Phi) is 3.72. The minimum atomic E-state index is -1.36. The van der Waals surface area contributed by atoms with Crippen molar-refractivity contribution in [2.75, 3.05) is 5.75 Å². The molecule has 6 rings (SSSR count). The first-order valence-electron chi connectivity index (χ1n) is 11.2. The molecule has 0 radical (unpaired) electrons. The van der Waals surface area contributed by atoms with E-state index >= 15 is 4.39 Å². The van der Waals surface area contributed by atoms with Gasteiger partial charge in [-0.2, -0.15) is 0 Å². The number of halogens is 1. The second kappa shape index (κ2) is 6.96. The third-order valence-corrected chi connectivity index (χ3v) is 6.98. The maximum atomic E-state index is 15.3. The number of benzene rings is 3. The molecule has 0 unspecified atom stereocenters.